The highest BCUT2D eigenvalue weighted by Crippen LogP contribution is 2.33. The van der Waals surface area contributed by atoms with Crippen LogP contribution in [0.3, 0.4) is 0 Å². The van der Waals surface area contributed by atoms with Gasteiger partial charge in [0.25, 0.3) is 0 Å². The molecule has 0 spiro atoms. The molecule has 0 aliphatic heterocycles. The molecule has 1 heterocycles. The Morgan fingerprint density at radius 3 is 2.56 bits per heavy atom. The van der Waals surface area contributed by atoms with Crippen molar-refractivity contribution in [1.29, 1.82) is 0 Å². The fourth-order valence-electron chi connectivity index (χ4n) is 1.63. The van der Waals surface area contributed by atoms with E-state index in [0.29, 0.717) is 17.3 Å². The van der Waals surface area contributed by atoms with Crippen LogP contribution in [0.1, 0.15) is 26.5 Å². The third-order valence-corrected chi connectivity index (χ3v) is 2.70. The van der Waals surface area contributed by atoms with E-state index in [2.05, 4.69) is 25.8 Å². The Balaban J connectivity index is 2.46. The van der Waals surface area contributed by atoms with Crippen molar-refractivity contribution in [2.75, 3.05) is 12.8 Å². The molecule has 0 unspecified atom stereocenters. The SMILES string of the molecule is COc1cc(N)ccc1-c1ncc(C(C)(C)C)o1. The van der Waals surface area contributed by atoms with Gasteiger partial charge in [-0.1, -0.05) is 20.8 Å². The number of oxazole rings is 1. The molecule has 2 rings (SSSR count). The summed E-state index contributed by atoms with van der Waals surface area (Å²) in [7, 11) is 1.60. The molecule has 0 atom stereocenters. The van der Waals surface area contributed by atoms with Crippen molar-refractivity contribution >= 4 is 5.69 Å². The van der Waals surface area contributed by atoms with E-state index in [4.69, 9.17) is 14.9 Å². The van der Waals surface area contributed by atoms with Crippen LogP contribution in [0.15, 0.2) is 28.8 Å². The van der Waals surface area contributed by atoms with Crippen molar-refractivity contribution in [1.82, 2.24) is 4.98 Å². The first-order chi connectivity index (χ1) is 8.41. The minimum absolute atomic E-state index is 0.0632. The lowest BCUT2D eigenvalue weighted by Crippen LogP contribution is -2.09. The third kappa shape index (κ3) is 2.32. The van der Waals surface area contributed by atoms with Crippen molar-refractivity contribution in [2.24, 2.45) is 0 Å². The van der Waals surface area contributed by atoms with Crippen molar-refractivity contribution in [2.45, 2.75) is 26.2 Å². The van der Waals surface area contributed by atoms with E-state index in [9.17, 15) is 0 Å². The van der Waals surface area contributed by atoms with Crippen LogP contribution in [0.2, 0.25) is 0 Å². The Kier molecular flexibility index (Phi) is 3.03. The summed E-state index contributed by atoms with van der Waals surface area (Å²) in [5.74, 6) is 2.06. The number of methoxy groups -OCH3 is 1. The number of nitrogen functional groups attached to an aromatic ring is 1. The second-order valence-corrected chi connectivity index (χ2v) is 5.24. The number of nitrogens with zero attached hydrogens (tertiary/aromatic N) is 1. The third-order valence-electron chi connectivity index (χ3n) is 2.70. The predicted octanol–water partition coefficient (Wildman–Crippen LogP) is 3.23. The molecule has 0 aliphatic rings. The van der Waals surface area contributed by atoms with E-state index in [1.165, 1.54) is 0 Å². The number of hydrogen-bond donors (Lipinski definition) is 1. The van der Waals surface area contributed by atoms with Gasteiger partial charge in [0.2, 0.25) is 5.89 Å². The van der Waals surface area contributed by atoms with Gasteiger partial charge in [-0.2, -0.15) is 0 Å². The molecular formula is C14H18N2O2. The van der Waals surface area contributed by atoms with Crippen LogP contribution in [0.25, 0.3) is 11.5 Å². The fraction of sp³-hybridized carbons (Fsp3) is 0.357. The Hall–Kier alpha value is -1.97. The van der Waals surface area contributed by atoms with Crippen LogP contribution in [-0.2, 0) is 5.41 Å². The number of benzene rings is 1. The number of ether oxygens (including phenoxy) is 1. The maximum atomic E-state index is 5.78. The summed E-state index contributed by atoms with van der Waals surface area (Å²) in [6, 6.07) is 5.42. The molecule has 2 aromatic rings. The highest BCUT2D eigenvalue weighted by atomic mass is 16.5. The maximum absolute atomic E-state index is 5.78. The lowest BCUT2D eigenvalue weighted by molar-refractivity contribution is 0.403. The summed E-state index contributed by atoms with van der Waals surface area (Å²) in [4.78, 5) is 4.30. The standard InChI is InChI=1S/C14H18N2O2/c1-14(2,3)12-8-16-13(18-12)10-6-5-9(15)7-11(10)17-4/h5-8H,15H2,1-4H3. The number of rotatable bonds is 2. The van der Waals surface area contributed by atoms with Gasteiger partial charge in [-0.3, -0.25) is 0 Å². The second kappa shape index (κ2) is 4.37. The lowest BCUT2D eigenvalue weighted by atomic mass is 9.94. The van der Waals surface area contributed by atoms with Crippen LogP contribution in [0.5, 0.6) is 5.75 Å². The van der Waals surface area contributed by atoms with Gasteiger partial charge >= 0.3 is 0 Å². The Labute approximate surface area is 107 Å². The molecule has 0 radical (unpaired) electrons. The Morgan fingerprint density at radius 1 is 1.28 bits per heavy atom. The van der Waals surface area contributed by atoms with Crippen LogP contribution >= 0.6 is 0 Å². The smallest absolute Gasteiger partial charge is 0.230 e. The van der Waals surface area contributed by atoms with Crippen molar-refractivity contribution in [3.63, 3.8) is 0 Å². The highest BCUT2D eigenvalue weighted by molar-refractivity contribution is 5.66. The first kappa shape index (κ1) is 12.5. The molecule has 0 bridgehead atoms. The summed E-state index contributed by atoms with van der Waals surface area (Å²) in [6.07, 6.45) is 1.76. The molecule has 1 aromatic heterocycles. The van der Waals surface area contributed by atoms with Crippen LogP contribution in [0, 0.1) is 0 Å². The minimum atomic E-state index is -0.0632. The predicted molar refractivity (Wildman–Crippen MR) is 71.6 cm³/mol. The molecule has 0 aliphatic carbocycles. The number of anilines is 1. The number of nitrogens with two attached hydrogens (primary N) is 1. The Morgan fingerprint density at radius 2 is 2.00 bits per heavy atom. The summed E-state index contributed by atoms with van der Waals surface area (Å²) in [5, 5.41) is 0. The average Bonchev–Trinajstić information content (AvgIpc) is 2.77. The molecule has 0 saturated carbocycles. The summed E-state index contributed by atoms with van der Waals surface area (Å²) in [5.41, 5.74) is 7.12. The van der Waals surface area contributed by atoms with E-state index in [1.807, 2.05) is 6.07 Å². The fourth-order valence-corrected chi connectivity index (χ4v) is 1.63. The van der Waals surface area contributed by atoms with E-state index >= 15 is 0 Å². The first-order valence-corrected chi connectivity index (χ1v) is 5.82. The van der Waals surface area contributed by atoms with Gasteiger partial charge in [0, 0.05) is 17.2 Å². The molecule has 4 heteroatoms. The van der Waals surface area contributed by atoms with Crippen LogP contribution in [-0.4, -0.2) is 12.1 Å². The molecule has 2 N–H and O–H groups in total. The van der Waals surface area contributed by atoms with Crippen molar-refractivity contribution in [3.05, 3.63) is 30.2 Å². The normalized spacial score (nSPS) is 11.6. The topological polar surface area (TPSA) is 61.3 Å². The summed E-state index contributed by atoms with van der Waals surface area (Å²) < 4.78 is 11.1. The van der Waals surface area contributed by atoms with Crippen LogP contribution < -0.4 is 10.5 Å². The molecule has 18 heavy (non-hydrogen) atoms. The van der Waals surface area contributed by atoms with Crippen molar-refractivity contribution < 1.29 is 9.15 Å². The van der Waals surface area contributed by atoms with E-state index in [1.54, 1.807) is 25.4 Å². The van der Waals surface area contributed by atoms with Crippen LogP contribution in [0.4, 0.5) is 5.69 Å². The second-order valence-electron chi connectivity index (χ2n) is 5.24. The zero-order chi connectivity index (χ0) is 13.3. The van der Waals surface area contributed by atoms with Gasteiger partial charge in [0.1, 0.15) is 11.5 Å². The molecule has 4 nitrogen and oxygen atoms in total. The zero-order valence-corrected chi connectivity index (χ0v) is 11.2. The zero-order valence-electron chi connectivity index (χ0n) is 11.2. The van der Waals surface area contributed by atoms with Gasteiger partial charge < -0.3 is 14.9 Å². The van der Waals surface area contributed by atoms with Gasteiger partial charge in [-0.25, -0.2) is 4.98 Å². The molecule has 96 valence electrons. The largest absolute Gasteiger partial charge is 0.496 e. The summed E-state index contributed by atoms with van der Waals surface area (Å²) >= 11 is 0. The van der Waals surface area contributed by atoms with Gasteiger partial charge in [0.05, 0.1) is 18.9 Å². The van der Waals surface area contributed by atoms with Gasteiger partial charge in [0.15, 0.2) is 0 Å². The molecule has 1 aromatic carbocycles. The first-order valence-electron chi connectivity index (χ1n) is 5.82. The maximum Gasteiger partial charge on any atom is 0.230 e. The quantitative estimate of drug-likeness (QED) is 0.826. The Bertz CT molecular complexity index is 553. The average molecular weight is 246 g/mol. The van der Waals surface area contributed by atoms with Gasteiger partial charge in [-0.05, 0) is 12.1 Å². The highest BCUT2D eigenvalue weighted by Gasteiger charge is 2.20. The van der Waals surface area contributed by atoms with E-state index in [-0.39, 0.29) is 5.41 Å². The summed E-state index contributed by atoms with van der Waals surface area (Å²) in [6.45, 7) is 6.24. The number of aromatic nitrogens is 1. The molecule has 0 fully saturated rings. The molecule has 0 saturated heterocycles. The van der Waals surface area contributed by atoms with Crippen molar-refractivity contribution in [3.8, 4) is 17.2 Å². The minimum Gasteiger partial charge on any atom is -0.496 e. The van der Waals surface area contributed by atoms with Gasteiger partial charge in [-0.15, -0.1) is 0 Å². The molecule has 0 amide bonds. The van der Waals surface area contributed by atoms with E-state index < -0.39 is 0 Å². The molecular weight excluding hydrogens is 228 g/mol. The van der Waals surface area contributed by atoms with E-state index in [0.717, 1.165) is 11.3 Å². The monoisotopic (exact) mass is 246 g/mol. The lowest BCUT2D eigenvalue weighted by Gasteiger charge is -2.13. The number of hydrogen-bond acceptors (Lipinski definition) is 4.